The minimum Gasteiger partial charge on any atom is -0.494 e. The van der Waals surface area contributed by atoms with Crippen molar-refractivity contribution in [1.82, 2.24) is 15.6 Å². The molecule has 1 aromatic heterocycles. The Labute approximate surface area is 163 Å². The number of nitrogens with one attached hydrogen (secondary N) is 2. The molecule has 28 heavy (non-hydrogen) atoms. The van der Waals surface area contributed by atoms with E-state index in [-0.39, 0.29) is 5.91 Å². The van der Waals surface area contributed by atoms with Crippen molar-refractivity contribution < 1.29 is 14.3 Å². The van der Waals surface area contributed by atoms with Crippen LogP contribution in [0.1, 0.15) is 29.9 Å². The van der Waals surface area contributed by atoms with Gasteiger partial charge in [-0.05, 0) is 74.0 Å². The Morgan fingerprint density at radius 3 is 2.25 bits per heavy atom. The molecule has 2 aromatic carbocycles. The van der Waals surface area contributed by atoms with Crippen LogP contribution < -0.4 is 14.9 Å². The fraction of sp³-hybridized carbons (Fsp3) is 0.190. The van der Waals surface area contributed by atoms with E-state index in [9.17, 15) is 4.79 Å². The number of aromatic nitrogens is 2. The summed E-state index contributed by atoms with van der Waals surface area (Å²) in [6, 6.07) is 16.6. The molecule has 1 heterocycles. The van der Waals surface area contributed by atoms with Crippen LogP contribution in [0, 0.1) is 0 Å². The highest BCUT2D eigenvalue weighted by atomic mass is 16.5. The zero-order chi connectivity index (χ0) is 19.8. The van der Waals surface area contributed by atoms with Gasteiger partial charge in [-0.25, -0.2) is 5.43 Å². The van der Waals surface area contributed by atoms with E-state index >= 15 is 0 Å². The molecule has 0 radical (unpaired) electrons. The molecule has 0 saturated carbocycles. The molecule has 0 fully saturated rings. The lowest BCUT2D eigenvalue weighted by Gasteiger charge is -2.02. The first-order valence-corrected chi connectivity index (χ1v) is 9.04. The number of rotatable bonds is 8. The standard InChI is InChI=1S/C21H22N4O3/c1-3-27-17-9-5-15(6-10-17)14-22-25-21(26)20-13-19(23-24-20)16-7-11-18(12-8-16)28-4-2/h5-14H,3-4H2,1-2H3,(H,23,24)(H,25,26)/b22-14+. The molecule has 0 saturated heterocycles. The van der Waals surface area contributed by atoms with E-state index in [2.05, 4.69) is 20.7 Å². The summed E-state index contributed by atoms with van der Waals surface area (Å²) in [5.41, 5.74) is 5.22. The first-order chi connectivity index (χ1) is 13.7. The van der Waals surface area contributed by atoms with Crippen molar-refractivity contribution in [2.75, 3.05) is 13.2 Å². The van der Waals surface area contributed by atoms with Crippen LogP contribution in [0.25, 0.3) is 11.3 Å². The second kappa shape index (κ2) is 9.36. The first-order valence-electron chi connectivity index (χ1n) is 9.04. The van der Waals surface area contributed by atoms with E-state index in [1.807, 2.05) is 62.4 Å². The van der Waals surface area contributed by atoms with Crippen LogP contribution in [0.3, 0.4) is 0 Å². The number of amides is 1. The third-order valence-electron chi connectivity index (χ3n) is 3.85. The van der Waals surface area contributed by atoms with Crippen LogP contribution in [-0.4, -0.2) is 35.5 Å². The second-order valence-corrected chi connectivity index (χ2v) is 5.83. The number of ether oxygens (including phenoxy) is 2. The number of hydrogen-bond donors (Lipinski definition) is 2. The van der Waals surface area contributed by atoms with Crippen molar-refractivity contribution >= 4 is 12.1 Å². The molecule has 3 aromatic rings. The van der Waals surface area contributed by atoms with Crippen molar-refractivity contribution in [1.29, 1.82) is 0 Å². The maximum Gasteiger partial charge on any atom is 0.289 e. The van der Waals surface area contributed by atoms with E-state index < -0.39 is 0 Å². The molecule has 0 aliphatic heterocycles. The maximum absolute atomic E-state index is 12.2. The number of carbonyl (C=O) groups excluding carboxylic acids is 1. The highest BCUT2D eigenvalue weighted by Gasteiger charge is 2.10. The van der Waals surface area contributed by atoms with E-state index in [0.29, 0.717) is 24.6 Å². The molecule has 0 aliphatic carbocycles. The summed E-state index contributed by atoms with van der Waals surface area (Å²) >= 11 is 0. The SMILES string of the molecule is CCOc1ccc(/C=N/NC(=O)c2cc(-c3ccc(OCC)cc3)n[nH]2)cc1. The lowest BCUT2D eigenvalue weighted by atomic mass is 10.1. The second-order valence-electron chi connectivity index (χ2n) is 5.83. The van der Waals surface area contributed by atoms with Crippen LogP contribution in [-0.2, 0) is 0 Å². The fourth-order valence-electron chi connectivity index (χ4n) is 2.52. The van der Waals surface area contributed by atoms with Crippen molar-refractivity contribution in [3.8, 4) is 22.8 Å². The highest BCUT2D eigenvalue weighted by molar-refractivity contribution is 5.94. The molecule has 1 amide bonds. The predicted octanol–water partition coefficient (Wildman–Crippen LogP) is 3.64. The smallest absolute Gasteiger partial charge is 0.289 e. The number of carbonyl (C=O) groups is 1. The van der Waals surface area contributed by atoms with Gasteiger partial charge >= 0.3 is 0 Å². The van der Waals surface area contributed by atoms with Gasteiger partial charge in [0.25, 0.3) is 5.91 Å². The molecule has 7 heteroatoms. The number of H-pyrrole nitrogens is 1. The van der Waals surface area contributed by atoms with Gasteiger partial charge in [0.15, 0.2) is 0 Å². The number of aromatic amines is 1. The lowest BCUT2D eigenvalue weighted by molar-refractivity contribution is 0.0950. The summed E-state index contributed by atoms with van der Waals surface area (Å²) in [5.74, 6) is 1.22. The van der Waals surface area contributed by atoms with Crippen molar-refractivity contribution in [3.63, 3.8) is 0 Å². The monoisotopic (exact) mass is 378 g/mol. The lowest BCUT2D eigenvalue weighted by Crippen LogP contribution is -2.17. The van der Waals surface area contributed by atoms with Gasteiger partial charge in [-0.2, -0.15) is 10.2 Å². The van der Waals surface area contributed by atoms with Crippen LogP contribution >= 0.6 is 0 Å². The average Bonchev–Trinajstić information content (AvgIpc) is 3.21. The maximum atomic E-state index is 12.2. The van der Waals surface area contributed by atoms with Crippen LogP contribution in [0.4, 0.5) is 0 Å². The van der Waals surface area contributed by atoms with Crippen LogP contribution in [0.15, 0.2) is 59.7 Å². The van der Waals surface area contributed by atoms with Gasteiger partial charge < -0.3 is 9.47 Å². The van der Waals surface area contributed by atoms with E-state index in [1.165, 1.54) is 0 Å². The van der Waals surface area contributed by atoms with Crippen LogP contribution in [0.5, 0.6) is 11.5 Å². The summed E-state index contributed by atoms with van der Waals surface area (Å²) in [6.45, 7) is 5.10. The Hall–Kier alpha value is -3.61. The van der Waals surface area contributed by atoms with Crippen molar-refractivity contribution in [2.24, 2.45) is 5.10 Å². The summed E-state index contributed by atoms with van der Waals surface area (Å²) in [6.07, 6.45) is 1.57. The zero-order valence-electron chi connectivity index (χ0n) is 15.8. The highest BCUT2D eigenvalue weighted by Crippen LogP contribution is 2.21. The molecule has 2 N–H and O–H groups in total. The quantitative estimate of drug-likeness (QED) is 0.463. The normalized spacial score (nSPS) is 10.8. The predicted molar refractivity (Wildman–Crippen MR) is 108 cm³/mol. The molecule has 0 atom stereocenters. The Balaban J connectivity index is 1.59. The topological polar surface area (TPSA) is 88.6 Å². The number of hydrogen-bond acceptors (Lipinski definition) is 5. The number of hydrazone groups is 1. The Kier molecular flexibility index (Phi) is 6.41. The molecular formula is C21H22N4O3. The van der Waals surface area contributed by atoms with Gasteiger partial charge in [-0.3, -0.25) is 9.89 Å². The van der Waals surface area contributed by atoms with Gasteiger partial charge in [0.1, 0.15) is 17.2 Å². The van der Waals surface area contributed by atoms with Crippen molar-refractivity contribution in [3.05, 3.63) is 65.9 Å². The van der Waals surface area contributed by atoms with Crippen LogP contribution in [0.2, 0.25) is 0 Å². The van der Waals surface area contributed by atoms with E-state index in [4.69, 9.17) is 9.47 Å². The molecular weight excluding hydrogens is 356 g/mol. The Bertz CT molecular complexity index is 931. The molecule has 0 aliphatic rings. The largest absolute Gasteiger partial charge is 0.494 e. The summed E-state index contributed by atoms with van der Waals surface area (Å²) in [4.78, 5) is 12.2. The molecule has 0 unspecified atom stereocenters. The van der Waals surface area contributed by atoms with Gasteiger partial charge in [-0.15, -0.1) is 0 Å². The van der Waals surface area contributed by atoms with Gasteiger partial charge in [-0.1, -0.05) is 0 Å². The number of nitrogens with zero attached hydrogens (tertiary/aromatic N) is 2. The molecule has 0 bridgehead atoms. The molecule has 0 spiro atoms. The van der Waals surface area contributed by atoms with Gasteiger partial charge in [0.05, 0.1) is 25.1 Å². The van der Waals surface area contributed by atoms with Gasteiger partial charge in [0.2, 0.25) is 0 Å². The summed E-state index contributed by atoms with van der Waals surface area (Å²) < 4.78 is 10.8. The first kappa shape index (κ1) is 19.2. The fourth-order valence-corrected chi connectivity index (χ4v) is 2.52. The summed E-state index contributed by atoms with van der Waals surface area (Å²) in [7, 11) is 0. The van der Waals surface area contributed by atoms with E-state index in [0.717, 1.165) is 22.6 Å². The van der Waals surface area contributed by atoms with Gasteiger partial charge in [0, 0.05) is 5.56 Å². The Morgan fingerprint density at radius 1 is 1.04 bits per heavy atom. The Morgan fingerprint density at radius 2 is 1.64 bits per heavy atom. The molecule has 3 rings (SSSR count). The molecule has 144 valence electrons. The zero-order valence-corrected chi connectivity index (χ0v) is 15.8. The summed E-state index contributed by atoms with van der Waals surface area (Å²) in [5, 5.41) is 10.9. The molecule has 7 nitrogen and oxygen atoms in total. The van der Waals surface area contributed by atoms with E-state index in [1.54, 1.807) is 12.3 Å². The minimum atomic E-state index is -0.369. The average molecular weight is 378 g/mol. The number of benzene rings is 2. The third-order valence-corrected chi connectivity index (χ3v) is 3.85. The van der Waals surface area contributed by atoms with Crippen molar-refractivity contribution in [2.45, 2.75) is 13.8 Å². The third kappa shape index (κ3) is 4.97. The minimum absolute atomic E-state index is 0.327.